The smallest absolute Gasteiger partial charge is 0.246 e. The summed E-state index contributed by atoms with van der Waals surface area (Å²) in [4.78, 5) is 41.6. The number of imide groups is 1. The van der Waals surface area contributed by atoms with Gasteiger partial charge in [-0.1, -0.05) is 60.7 Å². The molecule has 1 saturated heterocycles. The molecule has 0 bridgehead atoms. The van der Waals surface area contributed by atoms with E-state index in [1.807, 2.05) is 60.7 Å². The van der Waals surface area contributed by atoms with E-state index in [2.05, 4.69) is 5.32 Å². The van der Waals surface area contributed by atoms with Crippen molar-refractivity contribution in [2.24, 2.45) is 5.73 Å². The number of rotatable bonds is 6. The molecule has 1 heterocycles. The summed E-state index contributed by atoms with van der Waals surface area (Å²) in [5, 5.41) is 3.01. The number of hydrogen-bond acceptors (Lipinski definition) is 4. The van der Waals surface area contributed by atoms with Crippen molar-refractivity contribution in [1.29, 1.82) is 0 Å². The lowest BCUT2D eigenvalue weighted by Gasteiger charge is -2.34. The van der Waals surface area contributed by atoms with E-state index in [4.69, 9.17) is 5.73 Å². The maximum Gasteiger partial charge on any atom is 0.246 e. The highest BCUT2D eigenvalue weighted by Gasteiger charge is 2.44. The van der Waals surface area contributed by atoms with Crippen molar-refractivity contribution < 1.29 is 23.2 Å². The molecule has 4 atom stereocenters. The van der Waals surface area contributed by atoms with E-state index in [0.29, 0.717) is 18.9 Å². The van der Waals surface area contributed by atoms with Gasteiger partial charge in [0.25, 0.3) is 0 Å². The SMILES string of the molecule is C[C@H](N)C(=O)N(C(=O)Cc1cc(F)cc(F)c1)[C@@H]1C(=O)N[C@H](c2ccccc2)CC[C@H]1c1ccccc1. The van der Waals surface area contributed by atoms with Gasteiger partial charge in [0.2, 0.25) is 17.7 Å². The van der Waals surface area contributed by atoms with Gasteiger partial charge in [0.05, 0.1) is 18.5 Å². The fraction of sp³-hybridized carbons (Fsp3) is 0.276. The van der Waals surface area contributed by atoms with Crippen LogP contribution in [0.15, 0.2) is 78.9 Å². The molecule has 1 aliphatic heterocycles. The van der Waals surface area contributed by atoms with Gasteiger partial charge in [0.15, 0.2) is 0 Å². The summed E-state index contributed by atoms with van der Waals surface area (Å²) >= 11 is 0. The van der Waals surface area contributed by atoms with Crippen LogP contribution in [0.3, 0.4) is 0 Å². The number of hydrogen-bond donors (Lipinski definition) is 2. The largest absolute Gasteiger partial charge is 0.347 e. The topological polar surface area (TPSA) is 92.5 Å². The second-order valence-electron chi connectivity index (χ2n) is 9.36. The van der Waals surface area contributed by atoms with Crippen molar-refractivity contribution in [3.8, 4) is 0 Å². The molecule has 3 N–H and O–H groups in total. The van der Waals surface area contributed by atoms with Crippen LogP contribution in [-0.4, -0.2) is 34.7 Å². The van der Waals surface area contributed by atoms with Crippen molar-refractivity contribution in [1.82, 2.24) is 10.2 Å². The van der Waals surface area contributed by atoms with E-state index >= 15 is 0 Å². The van der Waals surface area contributed by atoms with Crippen LogP contribution in [0.5, 0.6) is 0 Å². The summed E-state index contributed by atoms with van der Waals surface area (Å²) in [6.45, 7) is 1.43. The Balaban J connectivity index is 1.76. The highest BCUT2D eigenvalue weighted by molar-refractivity contribution is 6.03. The van der Waals surface area contributed by atoms with Gasteiger partial charge in [-0.15, -0.1) is 0 Å². The number of amides is 3. The van der Waals surface area contributed by atoms with E-state index < -0.39 is 53.8 Å². The van der Waals surface area contributed by atoms with Gasteiger partial charge in [0, 0.05) is 12.0 Å². The summed E-state index contributed by atoms with van der Waals surface area (Å²) in [6, 6.07) is 18.9. The Morgan fingerprint density at radius 1 is 0.946 bits per heavy atom. The molecule has 8 heteroatoms. The summed E-state index contributed by atoms with van der Waals surface area (Å²) in [5.74, 6) is -4.17. The van der Waals surface area contributed by atoms with Crippen LogP contribution < -0.4 is 11.1 Å². The zero-order valence-electron chi connectivity index (χ0n) is 20.4. The average molecular weight is 506 g/mol. The van der Waals surface area contributed by atoms with Crippen LogP contribution in [0.4, 0.5) is 8.78 Å². The Morgan fingerprint density at radius 3 is 2.08 bits per heavy atom. The fourth-order valence-electron chi connectivity index (χ4n) is 4.91. The van der Waals surface area contributed by atoms with Gasteiger partial charge in [-0.25, -0.2) is 8.78 Å². The van der Waals surface area contributed by atoms with E-state index in [1.54, 1.807) is 0 Å². The minimum Gasteiger partial charge on any atom is -0.347 e. The summed E-state index contributed by atoms with van der Waals surface area (Å²) in [5.41, 5.74) is 7.67. The molecule has 192 valence electrons. The Bertz CT molecular complexity index is 1250. The Hall–Kier alpha value is -3.91. The zero-order valence-corrected chi connectivity index (χ0v) is 20.4. The van der Waals surface area contributed by atoms with Gasteiger partial charge >= 0.3 is 0 Å². The summed E-state index contributed by atoms with van der Waals surface area (Å²) in [7, 11) is 0. The predicted octanol–water partition coefficient (Wildman–Crippen LogP) is 4.01. The van der Waals surface area contributed by atoms with Crippen LogP contribution >= 0.6 is 0 Å². The zero-order chi connectivity index (χ0) is 26.5. The Kier molecular flexibility index (Phi) is 8.08. The molecule has 0 aromatic heterocycles. The Morgan fingerprint density at radius 2 is 1.51 bits per heavy atom. The lowest BCUT2D eigenvalue weighted by molar-refractivity contribution is -0.153. The number of halogens is 2. The maximum atomic E-state index is 13.8. The standard InChI is InChI=1S/C29H29F2N3O3/c1-18(32)29(37)34(26(35)16-19-14-22(30)17-23(31)15-19)27-24(20-8-4-2-5-9-20)12-13-25(33-28(27)36)21-10-6-3-7-11-21/h2-11,14-15,17-18,24-25,27H,12-13,16,32H2,1H3,(H,33,36)/t18-,24-,25-,27-/m0/s1. The normalized spacial score (nSPS) is 20.4. The molecule has 0 radical (unpaired) electrons. The lowest BCUT2D eigenvalue weighted by Crippen LogP contribution is -2.57. The van der Waals surface area contributed by atoms with E-state index in [1.165, 1.54) is 6.92 Å². The highest BCUT2D eigenvalue weighted by atomic mass is 19.1. The van der Waals surface area contributed by atoms with Crippen LogP contribution in [0.2, 0.25) is 0 Å². The molecule has 1 fully saturated rings. The van der Waals surface area contributed by atoms with Gasteiger partial charge in [0.1, 0.15) is 17.7 Å². The molecule has 0 unspecified atom stereocenters. The first-order valence-electron chi connectivity index (χ1n) is 12.2. The van der Waals surface area contributed by atoms with Gasteiger partial charge in [-0.05, 0) is 48.6 Å². The summed E-state index contributed by atoms with van der Waals surface area (Å²) < 4.78 is 27.6. The minimum absolute atomic E-state index is 0.0532. The van der Waals surface area contributed by atoms with Gasteiger partial charge < -0.3 is 11.1 Å². The van der Waals surface area contributed by atoms with E-state index in [0.717, 1.165) is 28.2 Å². The molecular weight excluding hydrogens is 476 g/mol. The first kappa shape index (κ1) is 26.2. The molecular formula is C29H29F2N3O3. The molecule has 37 heavy (non-hydrogen) atoms. The molecule has 0 saturated carbocycles. The molecule has 6 nitrogen and oxygen atoms in total. The minimum atomic E-state index is -1.19. The third-order valence-electron chi connectivity index (χ3n) is 6.61. The quantitative estimate of drug-likeness (QED) is 0.530. The lowest BCUT2D eigenvalue weighted by atomic mass is 9.85. The average Bonchev–Trinajstić information content (AvgIpc) is 3.03. The highest BCUT2D eigenvalue weighted by Crippen LogP contribution is 2.36. The van der Waals surface area contributed by atoms with Crippen molar-refractivity contribution >= 4 is 17.7 Å². The number of nitrogens with two attached hydrogens (primary N) is 1. The third-order valence-corrected chi connectivity index (χ3v) is 6.61. The first-order valence-corrected chi connectivity index (χ1v) is 12.2. The van der Waals surface area contributed by atoms with Crippen molar-refractivity contribution in [2.75, 3.05) is 0 Å². The number of benzene rings is 3. The number of carbonyl (C=O) groups is 3. The molecule has 0 spiro atoms. The van der Waals surface area contributed by atoms with Crippen LogP contribution in [0.1, 0.15) is 48.4 Å². The van der Waals surface area contributed by atoms with Crippen molar-refractivity contribution in [3.05, 3.63) is 107 Å². The molecule has 4 rings (SSSR count). The van der Waals surface area contributed by atoms with E-state index in [9.17, 15) is 23.2 Å². The summed E-state index contributed by atoms with van der Waals surface area (Å²) in [6.07, 6.45) is 0.605. The number of nitrogens with one attached hydrogen (secondary N) is 1. The number of carbonyl (C=O) groups excluding carboxylic acids is 3. The van der Waals surface area contributed by atoms with Crippen molar-refractivity contribution in [3.63, 3.8) is 0 Å². The van der Waals surface area contributed by atoms with Crippen LogP contribution in [-0.2, 0) is 20.8 Å². The fourth-order valence-corrected chi connectivity index (χ4v) is 4.91. The van der Waals surface area contributed by atoms with Crippen LogP contribution in [0, 0.1) is 11.6 Å². The van der Waals surface area contributed by atoms with Gasteiger partial charge in [-0.2, -0.15) is 0 Å². The van der Waals surface area contributed by atoms with Gasteiger partial charge in [-0.3, -0.25) is 19.3 Å². The molecule has 3 aromatic rings. The second-order valence-corrected chi connectivity index (χ2v) is 9.36. The molecule has 1 aliphatic rings. The number of nitrogens with zero attached hydrogens (tertiary/aromatic N) is 1. The predicted molar refractivity (Wildman–Crippen MR) is 135 cm³/mol. The molecule has 3 aromatic carbocycles. The van der Waals surface area contributed by atoms with Crippen LogP contribution in [0.25, 0.3) is 0 Å². The maximum absolute atomic E-state index is 13.8. The monoisotopic (exact) mass is 505 g/mol. The van der Waals surface area contributed by atoms with E-state index in [-0.39, 0.29) is 11.6 Å². The first-order chi connectivity index (χ1) is 17.7. The molecule has 0 aliphatic carbocycles. The molecule has 3 amide bonds. The second kappa shape index (κ2) is 11.4. The third kappa shape index (κ3) is 6.09. The van der Waals surface area contributed by atoms with Crippen molar-refractivity contribution in [2.45, 2.75) is 50.2 Å². The Labute approximate surface area is 214 Å².